The Bertz CT molecular complexity index is 385. The lowest BCUT2D eigenvalue weighted by Gasteiger charge is -2.20. The summed E-state index contributed by atoms with van der Waals surface area (Å²) in [5.41, 5.74) is -0.183. The third-order valence-corrected chi connectivity index (χ3v) is 4.04. The predicted octanol–water partition coefficient (Wildman–Crippen LogP) is 2.78. The van der Waals surface area contributed by atoms with Gasteiger partial charge in [0.25, 0.3) is 0 Å². The highest BCUT2D eigenvalue weighted by molar-refractivity contribution is 7.98. The van der Waals surface area contributed by atoms with Crippen molar-refractivity contribution in [2.45, 2.75) is 39.0 Å². The number of hydrogen-bond donors (Lipinski definition) is 2. The van der Waals surface area contributed by atoms with E-state index in [1.165, 1.54) is 4.88 Å². The Balaban J connectivity index is 2.07. The van der Waals surface area contributed by atoms with Crippen molar-refractivity contribution in [2.24, 2.45) is 0 Å². The van der Waals surface area contributed by atoms with Crippen LogP contribution in [0.2, 0.25) is 0 Å². The lowest BCUT2D eigenvalue weighted by molar-refractivity contribution is 0.232. The topological polar surface area (TPSA) is 54.0 Å². The van der Waals surface area contributed by atoms with Gasteiger partial charge in [0.2, 0.25) is 0 Å². The summed E-state index contributed by atoms with van der Waals surface area (Å²) in [5, 5.41) is 6.82. The van der Waals surface area contributed by atoms with E-state index < -0.39 is 0 Å². The van der Waals surface area contributed by atoms with Crippen LogP contribution < -0.4 is 10.6 Å². The number of nitrogens with zero attached hydrogens (tertiary/aromatic N) is 1. The summed E-state index contributed by atoms with van der Waals surface area (Å²) < 4.78 is 0. The number of thioether (sulfide) groups is 1. The molecule has 2 amide bonds. The minimum Gasteiger partial charge on any atom is -0.337 e. The summed E-state index contributed by atoms with van der Waals surface area (Å²) in [7, 11) is 0. The SMILES string of the molecule is Cc1ncc(CSCCNC(=O)NC(C)(C)C)s1. The summed E-state index contributed by atoms with van der Waals surface area (Å²) in [4.78, 5) is 17.0. The molecule has 0 bridgehead atoms. The molecule has 6 heteroatoms. The summed E-state index contributed by atoms with van der Waals surface area (Å²) >= 11 is 3.54. The Morgan fingerprint density at radius 1 is 1.50 bits per heavy atom. The van der Waals surface area contributed by atoms with Gasteiger partial charge < -0.3 is 10.6 Å². The van der Waals surface area contributed by atoms with Crippen molar-refractivity contribution in [3.8, 4) is 0 Å². The average molecular weight is 287 g/mol. The number of hydrogen-bond acceptors (Lipinski definition) is 4. The van der Waals surface area contributed by atoms with E-state index in [0.717, 1.165) is 16.5 Å². The number of amides is 2. The third-order valence-electron chi connectivity index (χ3n) is 1.93. The monoisotopic (exact) mass is 287 g/mol. The van der Waals surface area contributed by atoms with E-state index in [2.05, 4.69) is 15.6 Å². The number of thiazole rings is 1. The second-order valence-corrected chi connectivity index (χ2v) is 7.45. The van der Waals surface area contributed by atoms with Gasteiger partial charge in [0.05, 0.1) is 5.01 Å². The first-order valence-electron chi connectivity index (χ1n) is 5.92. The van der Waals surface area contributed by atoms with Gasteiger partial charge in [-0.15, -0.1) is 11.3 Å². The van der Waals surface area contributed by atoms with Gasteiger partial charge in [-0.25, -0.2) is 9.78 Å². The normalized spacial score (nSPS) is 11.3. The van der Waals surface area contributed by atoms with Crippen molar-refractivity contribution in [2.75, 3.05) is 12.3 Å². The van der Waals surface area contributed by atoms with Gasteiger partial charge >= 0.3 is 6.03 Å². The summed E-state index contributed by atoms with van der Waals surface area (Å²) in [5.74, 6) is 1.88. The van der Waals surface area contributed by atoms with Crippen LogP contribution in [-0.2, 0) is 5.75 Å². The lowest BCUT2D eigenvalue weighted by Crippen LogP contribution is -2.46. The van der Waals surface area contributed by atoms with Crippen molar-refractivity contribution < 1.29 is 4.79 Å². The molecule has 0 radical (unpaired) electrons. The Morgan fingerprint density at radius 3 is 2.78 bits per heavy atom. The first kappa shape index (κ1) is 15.3. The largest absolute Gasteiger partial charge is 0.337 e. The van der Waals surface area contributed by atoms with Crippen LogP contribution in [0.3, 0.4) is 0 Å². The van der Waals surface area contributed by atoms with E-state index in [1.54, 1.807) is 11.3 Å². The van der Waals surface area contributed by atoms with Crippen LogP contribution in [0.25, 0.3) is 0 Å². The average Bonchev–Trinajstić information content (AvgIpc) is 2.61. The van der Waals surface area contributed by atoms with Crippen molar-refractivity contribution in [1.82, 2.24) is 15.6 Å². The molecule has 0 aliphatic carbocycles. The zero-order valence-corrected chi connectivity index (χ0v) is 13.0. The van der Waals surface area contributed by atoms with Gasteiger partial charge in [0.15, 0.2) is 0 Å². The number of urea groups is 1. The zero-order chi connectivity index (χ0) is 13.6. The van der Waals surface area contributed by atoms with Crippen molar-refractivity contribution >= 4 is 29.1 Å². The van der Waals surface area contributed by atoms with Gasteiger partial charge in [0, 0.05) is 34.7 Å². The second-order valence-electron chi connectivity index (χ2n) is 5.03. The van der Waals surface area contributed by atoms with Crippen LogP contribution in [0.1, 0.15) is 30.7 Å². The van der Waals surface area contributed by atoms with E-state index in [4.69, 9.17) is 0 Å². The fourth-order valence-corrected chi connectivity index (χ4v) is 3.01. The molecule has 2 N–H and O–H groups in total. The number of aromatic nitrogens is 1. The van der Waals surface area contributed by atoms with E-state index >= 15 is 0 Å². The number of nitrogens with one attached hydrogen (secondary N) is 2. The molecular weight excluding hydrogens is 266 g/mol. The lowest BCUT2D eigenvalue weighted by atomic mass is 10.1. The molecule has 102 valence electrons. The van der Waals surface area contributed by atoms with Gasteiger partial charge in [0.1, 0.15) is 0 Å². The number of rotatable bonds is 5. The highest BCUT2D eigenvalue weighted by Crippen LogP contribution is 2.17. The maximum Gasteiger partial charge on any atom is 0.315 e. The molecule has 0 fully saturated rings. The maximum absolute atomic E-state index is 11.5. The molecule has 0 unspecified atom stereocenters. The molecule has 0 spiro atoms. The zero-order valence-electron chi connectivity index (χ0n) is 11.4. The van der Waals surface area contributed by atoms with Crippen LogP contribution in [-0.4, -0.2) is 28.9 Å². The van der Waals surface area contributed by atoms with E-state index in [0.29, 0.717) is 6.54 Å². The van der Waals surface area contributed by atoms with E-state index in [-0.39, 0.29) is 11.6 Å². The van der Waals surface area contributed by atoms with Gasteiger partial charge in [-0.3, -0.25) is 0 Å². The highest BCUT2D eigenvalue weighted by Gasteiger charge is 2.12. The molecule has 1 aromatic rings. The molecule has 0 aliphatic rings. The van der Waals surface area contributed by atoms with Crippen molar-refractivity contribution in [3.63, 3.8) is 0 Å². The van der Waals surface area contributed by atoms with Crippen LogP contribution in [0, 0.1) is 6.92 Å². The maximum atomic E-state index is 11.5. The Labute approximate surface area is 117 Å². The van der Waals surface area contributed by atoms with E-state index in [1.807, 2.05) is 45.7 Å². The standard InChI is InChI=1S/C12H21N3OS2/c1-9-14-7-10(18-9)8-17-6-5-13-11(16)15-12(2,3)4/h7H,5-6,8H2,1-4H3,(H2,13,15,16). The fraction of sp³-hybridized carbons (Fsp3) is 0.667. The second kappa shape index (κ2) is 6.99. The van der Waals surface area contributed by atoms with Crippen LogP contribution in [0.5, 0.6) is 0 Å². The summed E-state index contributed by atoms with van der Waals surface area (Å²) in [6.07, 6.45) is 1.92. The molecule has 0 aliphatic heterocycles. The minimum absolute atomic E-state index is 0.100. The fourth-order valence-electron chi connectivity index (χ4n) is 1.27. The molecule has 0 atom stereocenters. The molecule has 0 saturated heterocycles. The smallest absolute Gasteiger partial charge is 0.315 e. The molecule has 0 aromatic carbocycles. The molecule has 0 saturated carbocycles. The van der Waals surface area contributed by atoms with Crippen molar-refractivity contribution in [3.05, 3.63) is 16.1 Å². The molecule has 1 rings (SSSR count). The van der Waals surface area contributed by atoms with E-state index in [9.17, 15) is 4.79 Å². The Hall–Kier alpha value is -0.750. The Morgan fingerprint density at radius 2 is 2.22 bits per heavy atom. The molecule has 4 nitrogen and oxygen atoms in total. The third kappa shape index (κ3) is 6.86. The number of carbonyl (C=O) groups excluding carboxylic acids is 1. The van der Waals surface area contributed by atoms with Crippen LogP contribution >= 0.6 is 23.1 Å². The predicted molar refractivity (Wildman–Crippen MR) is 79.3 cm³/mol. The summed E-state index contributed by atoms with van der Waals surface area (Å²) in [6, 6.07) is -0.100. The summed E-state index contributed by atoms with van der Waals surface area (Å²) in [6.45, 7) is 8.59. The number of aryl methyl sites for hydroxylation is 1. The number of carbonyl (C=O) groups is 1. The van der Waals surface area contributed by atoms with Gasteiger partial charge in [-0.05, 0) is 27.7 Å². The highest BCUT2D eigenvalue weighted by atomic mass is 32.2. The van der Waals surface area contributed by atoms with Crippen molar-refractivity contribution in [1.29, 1.82) is 0 Å². The molecule has 18 heavy (non-hydrogen) atoms. The molecule has 1 aromatic heterocycles. The minimum atomic E-state index is -0.183. The quantitative estimate of drug-likeness (QED) is 0.819. The van der Waals surface area contributed by atoms with Crippen LogP contribution in [0.15, 0.2) is 6.20 Å². The van der Waals surface area contributed by atoms with Gasteiger partial charge in [-0.1, -0.05) is 0 Å². The molecular formula is C12H21N3OS2. The first-order valence-corrected chi connectivity index (χ1v) is 7.89. The first-order chi connectivity index (χ1) is 8.37. The van der Waals surface area contributed by atoms with Gasteiger partial charge in [-0.2, -0.15) is 11.8 Å². The van der Waals surface area contributed by atoms with Crippen LogP contribution in [0.4, 0.5) is 4.79 Å². The molecule has 1 heterocycles. The Kier molecular flexibility index (Phi) is 5.95.